The molecule has 5 rings (SSSR count). The third kappa shape index (κ3) is 4.29. The van der Waals surface area contributed by atoms with Crippen molar-refractivity contribution in [2.75, 3.05) is 58.4 Å². The highest BCUT2D eigenvalue weighted by Crippen LogP contribution is 2.39. The van der Waals surface area contributed by atoms with E-state index in [4.69, 9.17) is 14.5 Å². The van der Waals surface area contributed by atoms with E-state index in [2.05, 4.69) is 45.4 Å². The molecular weight excluding hydrogens is 400 g/mol. The number of fused-ring (bicyclic) bond motifs is 3. The number of para-hydroxylation sites is 2. The summed E-state index contributed by atoms with van der Waals surface area (Å²) in [7, 11) is 3.49. The molecule has 0 saturated carbocycles. The van der Waals surface area contributed by atoms with E-state index in [0.29, 0.717) is 12.0 Å². The van der Waals surface area contributed by atoms with Gasteiger partial charge < -0.3 is 19.7 Å². The van der Waals surface area contributed by atoms with Gasteiger partial charge >= 0.3 is 0 Å². The molecule has 2 aliphatic heterocycles. The summed E-state index contributed by atoms with van der Waals surface area (Å²) >= 11 is 0. The second-order valence-corrected chi connectivity index (χ2v) is 8.99. The fourth-order valence-electron chi connectivity index (χ4n) is 5.46. The molecule has 32 heavy (non-hydrogen) atoms. The summed E-state index contributed by atoms with van der Waals surface area (Å²) in [5, 5.41) is 3.72. The first-order valence-electron chi connectivity index (χ1n) is 11.8. The molecule has 0 radical (unpaired) electrons. The minimum atomic E-state index is 0.527. The zero-order valence-corrected chi connectivity index (χ0v) is 19.2. The van der Waals surface area contributed by atoms with Gasteiger partial charge in [0.25, 0.3) is 0 Å². The van der Waals surface area contributed by atoms with Crippen molar-refractivity contribution < 1.29 is 9.47 Å². The number of nitrogens with one attached hydrogen (secondary N) is 1. The van der Waals surface area contributed by atoms with Gasteiger partial charge in [-0.15, -0.1) is 0 Å². The number of rotatable bonds is 6. The first kappa shape index (κ1) is 21.1. The van der Waals surface area contributed by atoms with Gasteiger partial charge in [-0.1, -0.05) is 18.2 Å². The summed E-state index contributed by atoms with van der Waals surface area (Å²) in [5.41, 5.74) is 4.12. The Balaban J connectivity index is 1.13. The van der Waals surface area contributed by atoms with E-state index in [-0.39, 0.29) is 0 Å². The van der Waals surface area contributed by atoms with Crippen molar-refractivity contribution in [2.45, 2.75) is 31.2 Å². The van der Waals surface area contributed by atoms with Crippen LogP contribution < -0.4 is 19.7 Å². The van der Waals surface area contributed by atoms with Gasteiger partial charge in [0.05, 0.1) is 32.3 Å². The molecule has 0 aromatic heterocycles. The Morgan fingerprint density at radius 2 is 1.88 bits per heavy atom. The molecule has 6 nitrogen and oxygen atoms in total. The van der Waals surface area contributed by atoms with Crippen molar-refractivity contribution in [3.8, 4) is 11.5 Å². The van der Waals surface area contributed by atoms with E-state index in [9.17, 15) is 0 Å². The van der Waals surface area contributed by atoms with Crippen molar-refractivity contribution in [1.82, 2.24) is 10.2 Å². The summed E-state index contributed by atoms with van der Waals surface area (Å²) in [6.45, 7) is 6.08. The highest BCUT2D eigenvalue weighted by atomic mass is 16.5. The van der Waals surface area contributed by atoms with Crippen molar-refractivity contribution in [1.29, 1.82) is 0 Å². The molecule has 2 aromatic carbocycles. The molecule has 0 spiro atoms. The summed E-state index contributed by atoms with van der Waals surface area (Å²) in [6.07, 6.45) is 3.32. The topological polar surface area (TPSA) is 49.3 Å². The number of aliphatic imine (C=N–C) groups is 1. The predicted molar refractivity (Wildman–Crippen MR) is 130 cm³/mol. The van der Waals surface area contributed by atoms with Crippen LogP contribution in [0.2, 0.25) is 0 Å². The molecular formula is C26H34N4O2. The maximum Gasteiger partial charge on any atom is 0.142 e. The van der Waals surface area contributed by atoms with Crippen molar-refractivity contribution in [3.63, 3.8) is 0 Å². The van der Waals surface area contributed by atoms with Crippen LogP contribution in [-0.2, 0) is 6.42 Å². The van der Waals surface area contributed by atoms with Crippen LogP contribution in [0, 0.1) is 0 Å². The standard InChI is InChI=1S/C26H34N4O2/c1-31-20-8-9-21-19(17-20)7-10-23-22(21)18-26(28-23)27-11-12-29-13-15-30(16-14-29)24-5-3-4-6-25(24)32-2/h3-6,8-9,17,22-23H,7,10-16,18H2,1-2H3,(H,27,28). The predicted octanol–water partition coefficient (Wildman–Crippen LogP) is 3.32. The Morgan fingerprint density at radius 1 is 1.03 bits per heavy atom. The number of aryl methyl sites for hydroxylation is 1. The first-order valence-corrected chi connectivity index (χ1v) is 11.8. The van der Waals surface area contributed by atoms with Crippen LogP contribution in [0.5, 0.6) is 11.5 Å². The van der Waals surface area contributed by atoms with Crippen LogP contribution >= 0.6 is 0 Å². The summed E-state index contributed by atoms with van der Waals surface area (Å²) < 4.78 is 10.9. The number of piperazine rings is 1. The zero-order valence-electron chi connectivity index (χ0n) is 19.2. The SMILES string of the molecule is COc1ccc2c(c1)CCC1NC(=NCCN3CCN(c4ccccc4OC)CC3)CC21. The number of benzene rings is 2. The van der Waals surface area contributed by atoms with Gasteiger partial charge in [0, 0.05) is 51.1 Å². The van der Waals surface area contributed by atoms with Crippen molar-refractivity contribution in [3.05, 3.63) is 53.6 Å². The fraction of sp³-hybridized carbons (Fsp3) is 0.500. The molecule has 2 heterocycles. The van der Waals surface area contributed by atoms with Crippen LogP contribution in [0.15, 0.2) is 47.5 Å². The molecule has 2 fully saturated rings. The molecule has 1 aliphatic carbocycles. The van der Waals surface area contributed by atoms with Crippen LogP contribution in [0.3, 0.4) is 0 Å². The minimum Gasteiger partial charge on any atom is -0.497 e. The highest BCUT2D eigenvalue weighted by molar-refractivity contribution is 5.86. The summed E-state index contributed by atoms with van der Waals surface area (Å²) in [6, 6.07) is 15.4. The number of hydrogen-bond acceptors (Lipinski definition) is 5. The van der Waals surface area contributed by atoms with Gasteiger partial charge in [-0.25, -0.2) is 0 Å². The lowest BCUT2D eigenvalue weighted by Gasteiger charge is -2.36. The maximum absolute atomic E-state index is 5.53. The van der Waals surface area contributed by atoms with Gasteiger partial charge in [-0.05, 0) is 48.2 Å². The van der Waals surface area contributed by atoms with E-state index < -0.39 is 0 Å². The number of methoxy groups -OCH3 is 2. The minimum absolute atomic E-state index is 0.527. The largest absolute Gasteiger partial charge is 0.497 e. The van der Waals surface area contributed by atoms with Gasteiger partial charge in [0.1, 0.15) is 11.5 Å². The molecule has 2 unspecified atom stereocenters. The second kappa shape index (κ2) is 9.41. The summed E-state index contributed by atoms with van der Waals surface area (Å²) in [4.78, 5) is 9.91. The van der Waals surface area contributed by atoms with E-state index in [1.54, 1.807) is 14.2 Å². The normalized spacial score (nSPS) is 24.1. The maximum atomic E-state index is 5.53. The lowest BCUT2D eigenvalue weighted by Crippen LogP contribution is -2.47. The zero-order chi connectivity index (χ0) is 21.9. The number of amidine groups is 1. The lowest BCUT2D eigenvalue weighted by atomic mass is 9.80. The van der Waals surface area contributed by atoms with Crippen LogP contribution in [0.25, 0.3) is 0 Å². The van der Waals surface area contributed by atoms with Crippen molar-refractivity contribution >= 4 is 11.5 Å². The third-order valence-corrected chi connectivity index (χ3v) is 7.24. The molecule has 2 aromatic rings. The third-order valence-electron chi connectivity index (χ3n) is 7.24. The molecule has 0 bridgehead atoms. The Hall–Kier alpha value is -2.73. The Labute approximate surface area is 191 Å². The molecule has 170 valence electrons. The Bertz CT molecular complexity index is 968. The van der Waals surface area contributed by atoms with Crippen LogP contribution in [0.1, 0.15) is 29.9 Å². The van der Waals surface area contributed by atoms with Gasteiger partial charge in [0.2, 0.25) is 0 Å². The molecule has 2 atom stereocenters. The van der Waals surface area contributed by atoms with E-state index in [1.807, 2.05) is 12.1 Å². The average Bonchev–Trinajstić information content (AvgIpc) is 3.27. The van der Waals surface area contributed by atoms with Gasteiger partial charge in [0.15, 0.2) is 0 Å². The van der Waals surface area contributed by atoms with E-state index in [1.165, 1.54) is 29.1 Å². The molecule has 6 heteroatoms. The number of anilines is 1. The quantitative estimate of drug-likeness (QED) is 0.756. The highest BCUT2D eigenvalue weighted by Gasteiger charge is 2.36. The molecule has 2 saturated heterocycles. The summed E-state index contributed by atoms with van der Waals surface area (Å²) in [5.74, 6) is 3.66. The molecule has 3 aliphatic rings. The first-order chi connectivity index (χ1) is 15.7. The van der Waals surface area contributed by atoms with Crippen molar-refractivity contribution in [2.24, 2.45) is 4.99 Å². The van der Waals surface area contributed by atoms with Crippen LogP contribution in [-0.4, -0.2) is 70.3 Å². The smallest absolute Gasteiger partial charge is 0.142 e. The van der Waals surface area contributed by atoms with E-state index >= 15 is 0 Å². The second-order valence-electron chi connectivity index (χ2n) is 8.99. The monoisotopic (exact) mass is 434 g/mol. The Morgan fingerprint density at radius 3 is 2.69 bits per heavy atom. The number of nitrogens with zero attached hydrogens (tertiary/aromatic N) is 3. The lowest BCUT2D eigenvalue weighted by molar-refractivity contribution is 0.264. The van der Waals surface area contributed by atoms with E-state index in [0.717, 1.165) is 63.6 Å². The number of hydrogen-bond donors (Lipinski definition) is 1. The molecule has 0 amide bonds. The van der Waals surface area contributed by atoms with Crippen LogP contribution in [0.4, 0.5) is 5.69 Å². The fourth-order valence-corrected chi connectivity index (χ4v) is 5.46. The molecule has 1 N–H and O–H groups in total. The van der Waals surface area contributed by atoms with Gasteiger partial charge in [-0.3, -0.25) is 9.89 Å². The number of ether oxygens (including phenoxy) is 2. The Kier molecular flexibility index (Phi) is 6.21. The van der Waals surface area contributed by atoms with Gasteiger partial charge in [-0.2, -0.15) is 0 Å². The average molecular weight is 435 g/mol.